The lowest BCUT2D eigenvalue weighted by molar-refractivity contribution is -0.148. The molecule has 2 fully saturated rings. The Bertz CT molecular complexity index is 682. The van der Waals surface area contributed by atoms with Crippen LogP contribution in [0.15, 0.2) is 18.2 Å². The molecule has 3 rings (SSSR count). The quantitative estimate of drug-likeness (QED) is 0.847. The summed E-state index contributed by atoms with van der Waals surface area (Å²) in [7, 11) is 0. The fourth-order valence-corrected chi connectivity index (χ4v) is 3.52. The lowest BCUT2D eigenvalue weighted by atomic mass is 9.95. The summed E-state index contributed by atoms with van der Waals surface area (Å²) in [4.78, 5) is 26.6. The maximum Gasteiger partial charge on any atom is 0.246 e. The Morgan fingerprint density at radius 3 is 2.84 bits per heavy atom. The molecule has 1 aromatic carbocycles. The van der Waals surface area contributed by atoms with Crippen LogP contribution >= 0.6 is 0 Å². The van der Waals surface area contributed by atoms with Crippen molar-refractivity contribution >= 4 is 11.8 Å². The van der Waals surface area contributed by atoms with E-state index in [0.717, 1.165) is 24.6 Å². The normalized spacial score (nSPS) is 27.2. The number of fused-ring (bicyclic) bond motifs is 1. The van der Waals surface area contributed by atoms with Gasteiger partial charge in [-0.15, -0.1) is 0 Å². The molecule has 7 heteroatoms. The van der Waals surface area contributed by atoms with Crippen molar-refractivity contribution in [1.82, 2.24) is 15.5 Å². The molecule has 5 nitrogen and oxygen atoms in total. The first-order valence-corrected chi connectivity index (χ1v) is 8.68. The number of hydrogen-bond acceptors (Lipinski definition) is 3. The smallest absolute Gasteiger partial charge is 0.246 e. The molecule has 2 saturated heterocycles. The molecular formula is C18H23F2N3O2. The maximum atomic E-state index is 13.7. The Hall–Kier alpha value is -2.02. The molecule has 2 aliphatic heterocycles. The van der Waals surface area contributed by atoms with Crippen LogP contribution < -0.4 is 10.6 Å². The van der Waals surface area contributed by atoms with E-state index in [1.54, 1.807) is 4.90 Å². The summed E-state index contributed by atoms with van der Waals surface area (Å²) in [5, 5.41) is 5.97. The van der Waals surface area contributed by atoms with E-state index in [1.807, 2.05) is 13.8 Å². The van der Waals surface area contributed by atoms with E-state index in [1.165, 1.54) is 0 Å². The standard InChI is InChI=1S/C18H23F2N3O2/c1-3-10(2)16-18(25)23-9-13(7-15(23)17(24)22-16)21-8-11-6-12(19)4-5-14(11)20/h4-6,10,13,15-16,21H,3,7-9H2,1-2H3,(H,22,24)/t10-,13-,15-,16-/m0/s1. The lowest BCUT2D eigenvalue weighted by Crippen LogP contribution is -2.62. The van der Waals surface area contributed by atoms with Gasteiger partial charge in [-0.2, -0.15) is 0 Å². The fraction of sp³-hybridized carbons (Fsp3) is 0.556. The van der Waals surface area contributed by atoms with Crippen molar-refractivity contribution in [1.29, 1.82) is 0 Å². The van der Waals surface area contributed by atoms with Gasteiger partial charge in [-0.05, 0) is 30.5 Å². The third-order valence-corrected chi connectivity index (χ3v) is 5.25. The molecule has 0 unspecified atom stereocenters. The molecule has 2 aliphatic rings. The molecule has 0 radical (unpaired) electrons. The largest absolute Gasteiger partial charge is 0.342 e. The summed E-state index contributed by atoms with van der Waals surface area (Å²) in [5.74, 6) is -1.08. The molecule has 0 aromatic heterocycles. The number of benzene rings is 1. The van der Waals surface area contributed by atoms with Crippen LogP contribution in [0.25, 0.3) is 0 Å². The Balaban J connectivity index is 1.65. The highest BCUT2D eigenvalue weighted by Gasteiger charge is 2.47. The van der Waals surface area contributed by atoms with Gasteiger partial charge in [-0.3, -0.25) is 9.59 Å². The van der Waals surface area contributed by atoms with Gasteiger partial charge in [0.05, 0.1) is 0 Å². The summed E-state index contributed by atoms with van der Waals surface area (Å²) in [6, 6.07) is 2.24. The molecule has 2 N–H and O–H groups in total. The lowest BCUT2D eigenvalue weighted by Gasteiger charge is -2.36. The monoisotopic (exact) mass is 351 g/mol. The minimum atomic E-state index is -0.493. The number of nitrogens with one attached hydrogen (secondary N) is 2. The van der Waals surface area contributed by atoms with Crippen molar-refractivity contribution in [2.24, 2.45) is 5.92 Å². The highest BCUT2D eigenvalue weighted by atomic mass is 19.1. The van der Waals surface area contributed by atoms with Gasteiger partial charge in [-0.1, -0.05) is 20.3 Å². The molecule has 2 heterocycles. The first kappa shape index (κ1) is 17.8. The van der Waals surface area contributed by atoms with E-state index >= 15 is 0 Å². The molecular weight excluding hydrogens is 328 g/mol. The summed E-state index contributed by atoms with van der Waals surface area (Å²) in [6.45, 7) is 4.49. The van der Waals surface area contributed by atoms with E-state index in [4.69, 9.17) is 0 Å². The number of hydrogen-bond donors (Lipinski definition) is 2. The van der Waals surface area contributed by atoms with Crippen molar-refractivity contribution < 1.29 is 18.4 Å². The average Bonchev–Trinajstić information content (AvgIpc) is 3.03. The average molecular weight is 351 g/mol. The van der Waals surface area contributed by atoms with E-state index in [-0.39, 0.29) is 35.9 Å². The molecule has 2 amide bonds. The van der Waals surface area contributed by atoms with Gasteiger partial charge in [0.15, 0.2) is 0 Å². The minimum Gasteiger partial charge on any atom is -0.342 e. The number of amides is 2. The van der Waals surface area contributed by atoms with E-state index < -0.39 is 23.7 Å². The number of carbonyl (C=O) groups is 2. The SMILES string of the molecule is CC[C@H](C)[C@@H]1NC(=O)[C@@H]2C[C@H](NCc3cc(F)ccc3F)CN2C1=O. The van der Waals surface area contributed by atoms with Crippen molar-refractivity contribution in [3.63, 3.8) is 0 Å². The fourth-order valence-electron chi connectivity index (χ4n) is 3.52. The Labute approximate surface area is 145 Å². The second-order valence-electron chi connectivity index (χ2n) is 6.93. The number of rotatable bonds is 5. The van der Waals surface area contributed by atoms with Crippen LogP contribution in [0.5, 0.6) is 0 Å². The van der Waals surface area contributed by atoms with Gasteiger partial charge in [-0.25, -0.2) is 8.78 Å². The Morgan fingerprint density at radius 1 is 1.36 bits per heavy atom. The summed E-state index contributed by atoms with van der Waals surface area (Å²) < 4.78 is 27.0. The number of piperazine rings is 1. The highest BCUT2D eigenvalue weighted by molar-refractivity contribution is 5.97. The molecule has 136 valence electrons. The van der Waals surface area contributed by atoms with Crippen molar-refractivity contribution in [2.45, 2.75) is 51.4 Å². The van der Waals surface area contributed by atoms with E-state index in [2.05, 4.69) is 10.6 Å². The third-order valence-electron chi connectivity index (χ3n) is 5.25. The minimum absolute atomic E-state index is 0.0554. The van der Waals surface area contributed by atoms with Gasteiger partial charge >= 0.3 is 0 Å². The Morgan fingerprint density at radius 2 is 2.12 bits per heavy atom. The zero-order valence-corrected chi connectivity index (χ0v) is 14.4. The molecule has 4 atom stereocenters. The summed E-state index contributed by atoms with van der Waals surface area (Å²) in [5.41, 5.74) is 0.234. The predicted molar refractivity (Wildman–Crippen MR) is 88.5 cm³/mol. The number of nitrogens with zero attached hydrogens (tertiary/aromatic N) is 1. The van der Waals surface area contributed by atoms with Gasteiger partial charge in [0.25, 0.3) is 0 Å². The van der Waals surface area contributed by atoms with Crippen LogP contribution in [-0.2, 0) is 16.1 Å². The third kappa shape index (κ3) is 3.51. The molecule has 0 bridgehead atoms. The second kappa shape index (κ2) is 7.07. The summed E-state index contributed by atoms with van der Waals surface area (Å²) in [6.07, 6.45) is 1.28. The van der Waals surface area contributed by atoms with Crippen LogP contribution in [0.3, 0.4) is 0 Å². The molecule has 0 spiro atoms. The van der Waals surface area contributed by atoms with E-state index in [9.17, 15) is 18.4 Å². The zero-order chi connectivity index (χ0) is 18.1. The van der Waals surface area contributed by atoms with Gasteiger partial charge in [0.1, 0.15) is 23.7 Å². The first-order chi connectivity index (χ1) is 11.9. The number of carbonyl (C=O) groups excluding carboxylic acids is 2. The predicted octanol–water partition coefficient (Wildman–Crippen LogP) is 1.57. The summed E-state index contributed by atoms with van der Waals surface area (Å²) >= 11 is 0. The zero-order valence-electron chi connectivity index (χ0n) is 14.4. The molecule has 0 saturated carbocycles. The highest BCUT2D eigenvalue weighted by Crippen LogP contribution is 2.26. The van der Waals surface area contributed by atoms with Gasteiger partial charge in [0.2, 0.25) is 11.8 Å². The van der Waals surface area contributed by atoms with Gasteiger partial charge < -0.3 is 15.5 Å². The second-order valence-corrected chi connectivity index (χ2v) is 6.93. The van der Waals surface area contributed by atoms with Crippen LogP contribution in [0.4, 0.5) is 8.78 Å². The number of halogens is 2. The topological polar surface area (TPSA) is 61.4 Å². The Kier molecular flexibility index (Phi) is 5.03. The van der Waals surface area contributed by atoms with Crippen LogP contribution in [-0.4, -0.2) is 41.4 Å². The van der Waals surface area contributed by atoms with Crippen molar-refractivity contribution in [3.8, 4) is 0 Å². The van der Waals surface area contributed by atoms with Crippen LogP contribution in [0.1, 0.15) is 32.3 Å². The van der Waals surface area contributed by atoms with Gasteiger partial charge in [0, 0.05) is 24.7 Å². The van der Waals surface area contributed by atoms with Crippen LogP contribution in [0, 0.1) is 17.6 Å². The maximum absolute atomic E-state index is 13.7. The molecule has 0 aliphatic carbocycles. The van der Waals surface area contributed by atoms with Crippen molar-refractivity contribution in [3.05, 3.63) is 35.4 Å². The molecule has 1 aromatic rings. The first-order valence-electron chi connectivity index (χ1n) is 8.68. The molecule has 25 heavy (non-hydrogen) atoms. The van der Waals surface area contributed by atoms with Crippen molar-refractivity contribution in [2.75, 3.05) is 6.54 Å². The van der Waals surface area contributed by atoms with E-state index in [0.29, 0.717) is 13.0 Å². The van der Waals surface area contributed by atoms with Crippen LogP contribution in [0.2, 0.25) is 0 Å².